The second-order valence-corrected chi connectivity index (χ2v) is 5.53. The first kappa shape index (κ1) is 14.5. The number of rotatable bonds is 4. The van der Waals surface area contributed by atoms with Gasteiger partial charge in [-0.3, -0.25) is 0 Å². The predicted molar refractivity (Wildman–Crippen MR) is 87.7 cm³/mol. The van der Waals surface area contributed by atoms with Gasteiger partial charge < -0.3 is 0 Å². The summed E-state index contributed by atoms with van der Waals surface area (Å²) < 4.78 is 14.9. The molecular weight excluding hydrogens is 275 g/mol. The molecule has 0 saturated carbocycles. The molecule has 1 heterocycles. The molecule has 0 spiro atoms. The van der Waals surface area contributed by atoms with Gasteiger partial charge in [-0.2, -0.15) is 5.10 Å². The molecule has 22 heavy (non-hydrogen) atoms. The van der Waals surface area contributed by atoms with Crippen molar-refractivity contribution in [2.45, 2.75) is 26.7 Å². The second kappa shape index (κ2) is 6.14. The highest BCUT2D eigenvalue weighted by Crippen LogP contribution is 2.26. The topological polar surface area (TPSA) is 17.8 Å². The Balaban J connectivity index is 2.05. The molecule has 2 aromatic carbocycles. The maximum absolute atomic E-state index is 13.1. The Morgan fingerprint density at radius 2 is 1.68 bits per heavy atom. The third-order valence-corrected chi connectivity index (χ3v) is 3.73. The Morgan fingerprint density at radius 1 is 1.00 bits per heavy atom. The van der Waals surface area contributed by atoms with E-state index in [1.54, 1.807) is 12.1 Å². The lowest BCUT2D eigenvalue weighted by Crippen LogP contribution is -1.96. The number of aromatic nitrogens is 2. The lowest BCUT2D eigenvalue weighted by atomic mass is 10.0. The number of aryl methyl sites for hydroxylation is 2. The molecular formula is C19H19FN2. The molecule has 1 aromatic heterocycles. The fraction of sp³-hybridized carbons (Fsp3) is 0.211. The average molecular weight is 294 g/mol. The third-order valence-electron chi connectivity index (χ3n) is 3.73. The minimum atomic E-state index is -0.233. The van der Waals surface area contributed by atoms with Crippen LogP contribution < -0.4 is 0 Å². The van der Waals surface area contributed by atoms with Gasteiger partial charge in [0.1, 0.15) is 5.82 Å². The van der Waals surface area contributed by atoms with Crippen molar-refractivity contribution in [1.29, 1.82) is 0 Å². The summed E-state index contributed by atoms with van der Waals surface area (Å²) in [6.45, 7) is 4.23. The van der Waals surface area contributed by atoms with Crippen molar-refractivity contribution in [2.75, 3.05) is 0 Å². The van der Waals surface area contributed by atoms with E-state index in [0.717, 1.165) is 29.8 Å². The van der Waals surface area contributed by atoms with Crippen LogP contribution in [0.2, 0.25) is 0 Å². The van der Waals surface area contributed by atoms with Gasteiger partial charge in [-0.25, -0.2) is 9.07 Å². The molecule has 0 saturated heterocycles. The van der Waals surface area contributed by atoms with E-state index in [1.807, 2.05) is 10.9 Å². The molecule has 0 radical (unpaired) electrons. The van der Waals surface area contributed by atoms with Crippen LogP contribution in [-0.2, 0) is 6.42 Å². The second-order valence-electron chi connectivity index (χ2n) is 5.53. The van der Waals surface area contributed by atoms with Gasteiger partial charge in [-0.15, -0.1) is 0 Å². The molecule has 0 amide bonds. The largest absolute Gasteiger partial charge is 0.240 e. The molecule has 3 heteroatoms. The molecule has 0 aliphatic rings. The summed E-state index contributed by atoms with van der Waals surface area (Å²) in [5, 5.41) is 4.69. The van der Waals surface area contributed by atoms with Gasteiger partial charge in [-0.1, -0.05) is 43.2 Å². The van der Waals surface area contributed by atoms with Crippen molar-refractivity contribution in [3.05, 3.63) is 71.8 Å². The van der Waals surface area contributed by atoms with Gasteiger partial charge in [0.05, 0.1) is 11.4 Å². The maximum Gasteiger partial charge on any atom is 0.123 e. The first-order chi connectivity index (χ1) is 10.7. The van der Waals surface area contributed by atoms with Gasteiger partial charge in [0, 0.05) is 11.8 Å². The molecule has 0 unspecified atom stereocenters. The number of benzene rings is 2. The Bertz CT molecular complexity index is 755. The Morgan fingerprint density at radius 3 is 2.32 bits per heavy atom. The molecule has 2 nitrogen and oxygen atoms in total. The van der Waals surface area contributed by atoms with Gasteiger partial charge >= 0.3 is 0 Å². The lowest BCUT2D eigenvalue weighted by Gasteiger charge is -2.01. The van der Waals surface area contributed by atoms with Crippen LogP contribution >= 0.6 is 0 Å². The van der Waals surface area contributed by atoms with Gasteiger partial charge in [-0.05, 0) is 43.2 Å². The zero-order valence-corrected chi connectivity index (χ0v) is 12.9. The molecule has 0 N–H and O–H groups in total. The van der Waals surface area contributed by atoms with Gasteiger partial charge in [0.25, 0.3) is 0 Å². The van der Waals surface area contributed by atoms with Crippen LogP contribution in [0.25, 0.3) is 16.8 Å². The van der Waals surface area contributed by atoms with E-state index in [1.165, 1.54) is 23.3 Å². The first-order valence-electron chi connectivity index (χ1n) is 7.59. The van der Waals surface area contributed by atoms with Crippen LogP contribution in [0.4, 0.5) is 4.39 Å². The molecule has 0 aliphatic carbocycles. The Labute approximate surface area is 130 Å². The molecule has 3 rings (SSSR count). The van der Waals surface area contributed by atoms with Crippen LogP contribution in [0.15, 0.2) is 54.7 Å². The van der Waals surface area contributed by atoms with E-state index in [4.69, 9.17) is 5.10 Å². The van der Waals surface area contributed by atoms with Crippen molar-refractivity contribution in [1.82, 2.24) is 9.78 Å². The van der Waals surface area contributed by atoms with E-state index < -0.39 is 0 Å². The Hall–Kier alpha value is -2.42. The lowest BCUT2D eigenvalue weighted by molar-refractivity contribution is 0.627. The fourth-order valence-electron chi connectivity index (χ4n) is 2.53. The summed E-state index contributed by atoms with van der Waals surface area (Å²) in [6.07, 6.45) is 4.00. The van der Waals surface area contributed by atoms with E-state index in [0.29, 0.717) is 0 Å². The zero-order valence-electron chi connectivity index (χ0n) is 12.9. The van der Waals surface area contributed by atoms with Crippen molar-refractivity contribution in [3.8, 4) is 16.8 Å². The third kappa shape index (κ3) is 2.93. The smallest absolute Gasteiger partial charge is 0.123 e. The molecule has 112 valence electrons. The number of hydrogen-bond acceptors (Lipinski definition) is 1. The van der Waals surface area contributed by atoms with Crippen LogP contribution in [0.1, 0.15) is 24.6 Å². The summed E-state index contributed by atoms with van der Waals surface area (Å²) in [5.41, 5.74) is 5.51. The highest BCUT2D eigenvalue weighted by Gasteiger charge is 2.11. The number of halogens is 1. The fourth-order valence-corrected chi connectivity index (χ4v) is 2.53. The highest BCUT2D eigenvalue weighted by atomic mass is 19.1. The van der Waals surface area contributed by atoms with Crippen LogP contribution in [0.5, 0.6) is 0 Å². The molecule has 0 aliphatic heterocycles. The minimum Gasteiger partial charge on any atom is -0.240 e. The van der Waals surface area contributed by atoms with E-state index >= 15 is 0 Å². The Kier molecular flexibility index (Phi) is 4.05. The minimum absolute atomic E-state index is 0.233. The quantitative estimate of drug-likeness (QED) is 0.666. The molecule has 3 aromatic rings. The predicted octanol–water partition coefficient (Wildman–Crippen LogP) is 4.94. The SMILES string of the molecule is CCCc1nn(-c2ccc(F)cc2)cc1-c1ccc(C)cc1. The summed E-state index contributed by atoms with van der Waals surface area (Å²) in [4.78, 5) is 0. The number of hydrogen-bond donors (Lipinski definition) is 0. The summed E-state index contributed by atoms with van der Waals surface area (Å²) in [5.74, 6) is -0.233. The van der Waals surface area contributed by atoms with Crippen LogP contribution in [0, 0.1) is 12.7 Å². The van der Waals surface area contributed by atoms with Crippen molar-refractivity contribution in [2.24, 2.45) is 0 Å². The van der Waals surface area contributed by atoms with Crippen LogP contribution in [0.3, 0.4) is 0 Å². The van der Waals surface area contributed by atoms with E-state index in [9.17, 15) is 4.39 Å². The van der Waals surface area contributed by atoms with Gasteiger partial charge in [0.2, 0.25) is 0 Å². The first-order valence-corrected chi connectivity index (χ1v) is 7.59. The highest BCUT2D eigenvalue weighted by molar-refractivity contribution is 5.66. The summed E-state index contributed by atoms with van der Waals surface area (Å²) >= 11 is 0. The molecule has 0 fully saturated rings. The van der Waals surface area contributed by atoms with Gasteiger partial charge in [0.15, 0.2) is 0 Å². The molecule has 0 atom stereocenters. The zero-order chi connectivity index (χ0) is 15.5. The maximum atomic E-state index is 13.1. The van der Waals surface area contributed by atoms with Crippen molar-refractivity contribution >= 4 is 0 Å². The van der Waals surface area contributed by atoms with Crippen LogP contribution in [-0.4, -0.2) is 9.78 Å². The average Bonchev–Trinajstić information content (AvgIpc) is 2.93. The standard InChI is InChI=1S/C19H19FN2/c1-3-4-19-18(15-7-5-14(2)6-8-15)13-22(21-19)17-11-9-16(20)10-12-17/h5-13H,3-4H2,1-2H3. The number of nitrogens with zero attached hydrogens (tertiary/aromatic N) is 2. The van der Waals surface area contributed by atoms with E-state index in [-0.39, 0.29) is 5.82 Å². The van der Waals surface area contributed by atoms with Crippen molar-refractivity contribution < 1.29 is 4.39 Å². The monoisotopic (exact) mass is 294 g/mol. The van der Waals surface area contributed by atoms with Crippen molar-refractivity contribution in [3.63, 3.8) is 0 Å². The summed E-state index contributed by atoms with van der Waals surface area (Å²) in [6, 6.07) is 14.9. The van der Waals surface area contributed by atoms with E-state index in [2.05, 4.69) is 38.1 Å². The molecule has 0 bridgehead atoms. The normalized spacial score (nSPS) is 10.9. The summed E-state index contributed by atoms with van der Waals surface area (Å²) in [7, 11) is 0.